The van der Waals surface area contributed by atoms with Crippen LogP contribution in [0.25, 0.3) is 0 Å². The van der Waals surface area contributed by atoms with E-state index in [4.69, 9.17) is 10.5 Å². The number of hydrogen-bond acceptors (Lipinski definition) is 2. The third-order valence-electron chi connectivity index (χ3n) is 1.79. The molecule has 0 saturated heterocycles. The SMILES string of the molecule is COc1c(F)cccc1C[C@H](C)N. The topological polar surface area (TPSA) is 35.2 Å². The van der Waals surface area contributed by atoms with Crippen molar-refractivity contribution in [1.82, 2.24) is 0 Å². The minimum absolute atomic E-state index is 0.00991. The second-order valence-corrected chi connectivity index (χ2v) is 3.11. The van der Waals surface area contributed by atoms with Gasteiger partial charge in [0.25, 0.3) is 0 Å². The lowest BCUT2D eigenvalue weighted by molar-refractivity contribution is 0.380. The van der Waals surface area contributed by atoms with E-state index in [9.17, 15) is 4.39 Å². The highest BCUT2D eigenvalue weighted by molar-refractivity contribution is 5.35. The van der Waals surface area contributed by atoms with Crippen molar-refractivity contribution in [3.63, 3.8) is 0 Å². The molecule has 0 aliphatic carbocycles. The normalized spacial score (nSPS) is 12.6. The molecule has 1 aromatic carbocycles. The molecule has 2 N–H and O–H groups in total. The Morgan fingerprint density at radius 1 is 1.54 bits per heavy atom. The van der Waals surface area contributed by atoms with Gasteiger partial charge in [0.15, 0.2) is 11.6 Å². The minimum Gasteiger partial charge on any atom is -0.493 e. The molecule has 13 heavy (non-hydrogen) atoms. The first-order valence-electron chi connectivity index (χ1n) is 4.22. The molecule has 1 atom stereocenters. The van der Waals surface area contributed by atoms with E-state index in [0.29, 0.717) is 12.2 Å². The third-order valence-corrected chi connectivity index (χ3v) is 1.79. The highest BCUT2D eigenvalue weighted by Crippen LogP contribution is 2.22. The van der Waals surface area contributed by atoms with Crippen molar-refractivity contribution < 1.29 is 9.13 Å². The molecule has 0 unspecified atom stereocenters. The second kappa shape index (κ2) is 4.23. The number of ether oxygens (including phenoxy) is 1. The van der Waals surface area contributed by atoms with Gasteiger partial charge >= 0.3 is 0 Å². The molecule has 72 valence electrons. The van der Waals surface area contributed by atoms with Gasteiger partial charge in [-0.25, -0.2) is 4.39 Å². The number of halogens is 1. The number of rotatable bonds is 3. The maximum absolute atomic E-state index is 13.1. The average Bonchev–Trinajstić information content (AvgIpc) is 2.03. The Balaban J connectivity index is 2.98. The average molecular weight is 183 g/mol. The number of methoxy groups -OCH3 is 1. The van der Waals surface area contributed by atoms with E-state index in [1.807, 2.05) is 13.0 Å². The number of nitrogens with two attached hydrogens (primary N) is 1. The van der Waals surface area contributed by atoms with Crippen LogP contribution >= 0.6 is 0 Å². The van der Waals surface area contributed by atoms with Crippen LogP contribution in [0.4, 0.5) is 4.39 Å². The van der Waals surface area contributed by atoms with E-state index in [0.717, 1.165) is 5.56 Å². The van der Waals surface area contributed by atoms with Gasteiger partial charge in [-0.3, -0.25) is 0 Å². The fourth-order valence-corrected chi connectivity index (χ4v) is 1.29. The predicted octanol–water partition coefficient (Wildman–Crippen LogP) is 1.72. The highest BCUT2D eigenvalue weighted by atomic mass is 19.1. The van der Waals surface area contributed by atoms with E-state index < -0.39 is 0 Å². The molecule has 0 radical (unpaired) electrons. The summed E-state index contributed by atoms with van der Waals surface area (Å²) in [6, 6.07) is 4.88. The van der Waals surface area contributed by atoms with Gasteiger partial charge < -0.3 is 10.5 Å². The van der Waals surface area contributed by atoms with Gasteiger partial charge in [0.05, 0.1) is 7.11 Å². The summed E-state index contributed by atoms with van der Waals surface area (Å²) in [5.74, 6) is -0.0274. The molecule has 0 bridgehead atoms. The molecular weight excluding hydrogens is 169 g/mol. The summed E-state index contributed by atoms with van der Waals surface area (Å²) < 4.78 is 18.1. The highest BCUT2D eigenvalue weighted by Gasteiger charge is 2.09. The Kier molecular flexibility index (Phi) is 3.25. The summed E-state index contributed by atoms with van der Waals surface area (Å²) in [7, 11) is 1.46. The standard InChI is InChI=1S/C10H14FNO/c1-7(12)6-8-4-3-5-9(11)10(8)13-2/h3-5,7H,6,12H2,1-2H3/t7-/m0/s1. The maximum Gasteiger partial charge on any atom is 0.165 e. The maximum atomic E-state index is 13.1. The van der Waals surface area contributed by atoms with Crippen LogP contribution in [0, 0.1) is 5.82 Å². The van der Waals surface area contributed by atoms with Gasteiger partial charge in [0.2, 0.25) is 0 Å². The molecular formula is C10H14FNO. The molecule has 0 aliphatic heterocycles. The van der Waals surface area contributed by atoms with Gasteiger partial charge in [0.1, 0.15) is 0 Å². The minimum atomic E-state index is -0.333. The van der Waals surface area contributed by atoms with Crippen molar-refractivity contribution in [2.45, 2.75) is 19.4 Å². The molecule has 1 rings (SSSR count). The van der Waals surface area contributed by atoms with E-state index in [1.54, 1.807) is 6.07 Å². The Bertz CT molecular complexity index is 286. The largest absolute Gasteiger partial charge is 0.493 e. The van der Waals surface area contributed by atoms with Crippen molar-refractivity contribution >= 4 is 0 Å². The quantitative estimate of drug-likeness (QED) is 0.774. The number of para-hydroxylation sites is 1. The second-order valence-electron chi connectivity index (χ2n) is 3.11. The first-order valence-corrected chi connectivity index (χ1v) is 4.22. The zero-order valence-corrected chi connectivity index (χ0v) is 7.88. The monoisotopic (exact) mass is 183 g/mol. The number of hydrogen-bond donors (Lipinski definition) is 1. The Hall–Kier alpha value is -1.09. The molecule has 2 nitrogen and oxygen atoms in total. The zero-order chi connectivity index (χ0) is 9.84. The van der Waals surface area contributed by atoms with Gasteiger partial charge in [0, 0.05) is 6.04 Å². The Morgan fingerprint density at radius 2 is 2.23 bits per heavy atom. The number of benzene rings is 1. The molecule has 0 heterocycles. The first-order chi connectivity index (χ1) is 6.15. The van der Waals surface area contributed by atoms with Crippen LogP contribution in [0.5, 0.6) is 5.75 Å². The zero-order valence-electron chi connectivity index (χ0n) is 7.88. The van der Waals surface area contributed by atoms with Crippen LogP contribution < -0.4 is 10.5 Å². The van der Waals surface area contributed by atoms with Crippen LogP contribution in [0.2, 0.25) is 0 Å². The molecule has 0 amide bonds. The van der Waals surface area contributed by atoms with Crippen molar-refractivity contribution in [3.05, 3.63) is 29.6 Å². The molecule has 0 aliphatic rings. The van der Waals surface area contributed by atoms with Crippen LogP contribution in [0.15, 0.2) is 18.2 Å². The lowest BCUT2D eigenvalue weighted by Gasteiger charge is -2.10. The van der Waals surface area contributed by atoms with E-state index in [2.05, 4.69) is 0 Å². The summed E-state index contributed by atoms with van der Waals surface area (Å²) in [4.78, 5) is 0. The fraction of sp³-hybridized carbons (Fsp3) is 0.400. The van der Waals surface area contributed by atoms with Crippen LogP contribution in [-0.2, 0) is 6.42 Å². The third kappa shape index (κ3) is 2.42. The molecule has 0 aromatic heterocycles. The van der Waals surface area contributed by atoms with Gasteiger partial charge in [-0.1, -0.05) is 12.1 Å². The van der Waals surface area contributed by atoms with Gasteiger partial charge in [-0.05, 0) is 25.0 Å². The van der Waals surface area contributed by atoms with E-state index >= 15 is 0 Å². The lowest BCUT2D eigenvalue weighted by atomic mass is 10.1. The predicted molar refractivity (Wildman–Crippen MR) is 50.3 cm³/mol. The molecule has 0 saturated carbocycles. The van der Waals surface area contributed by atoms with E-state index in [-0.39, 0.29) is 11.9 Å². The van der Waals surface area contributed by atoms with Crippen molar-refractivity contribution in [2.75, 3.05) is 7.11 Å². The molecule has 0 spiro atoms. The summed E-state index contributed by atoms with van der Waals surface area (Å²) in [6.07, 6.45) is 0.626. The Labute approximate surface area is 77.5 Å². The molecule has 1 aromatic rings. The smallest absolute Gasteiger partial charge is 0.165 e. The Morgan fingerprint density at radius 3 is 2.77 bits per heavy atom. The summed E-state index contributed by atoms with van der Waals surface area (Å²) >= 11 is 0. The van der Waals surface area contributed by atoms with Gasteiger partial charge in [-0.2, -0.15) is 0 Å². The van der Waals surface area contributed by atoms with Crippen LogP contribution in [0.3, 0.4) is 0 Å². The molecule has 3 heteroatoms. The lowest BCUT2D eigenvalue weighted by Crippen LogP contribution is -2.18. The van der Waals surface area contributed by atoms with Crippen molar-refractivity contribution in [3.8, 4) is 5.75 Å². The van der Waals surface area contributed by atoms with Crippen molar-refractivity contribution in [1.29, 1.82) is 0 Å². The molecule has 0 fully saturated rings. The van der Waals surface area contributed by atoms with E-state index in [1.165, 1.54) is 13.2 Å². The van der Waals surface area contributed by atoms with Crippen molar-refractivity contribution in [2.24, 2.45) is 5.73 Å². The van der Waals surface area contributed by atoms with Gasteiger partial charge in [-0.15, -0.1) is 0 Å². The van der Waals surface area contributed by atoms with Crippen LogP contribution in [0.1, 0.15) is 12.5 Å². The fourth-order valence-electron chi connectivity index (χ4n) is 1.29. The summed E-state index contributed by atoms with van der Waals surface area (Å²) in [5, 5.41) is 0. The van der Waals surface area contributed by atoms with Crippen LogP contribution in [-0.4, -0.2) is 13.2 Å². The first kappa shape index (κ1) is 9.99. The summed E-state index contributed by atoms with van der Waals surface area (Å²) in [5.41, 5.74) is 6.44. The summed E-state index contributed by atoms with van der Waals surface area (Å²) in [6.45, 7) is 1.88.